The highest BCUT2D eigenvalue weighted by Crippen LogP contribution is 2.38. The van der Waals surface area contributed by atoms with Crippen molar-refractivity contribution in [2.75, 3.05) is 53.4 Å². The van der Waals surface area contributed by atoms with Crippen LogP contribution in [-0.4, -0.2) is 85.3 Å². The Morgan fingerprint density at radius 2 is 1.66 bits per heavy atom. The molecule has 0 fully saturated rings. The van der Waals surface area contributed by atoms with Crippen LogP contribution in [0.2, 0.25) is 5.02 Å². The third kappa shape index (κ3) is 13.8. The summed E-state index contributed by atoms with van der Waals surface area (Å²) >= 11 is 6.55. The van der Waals surface area contributed by atoms with Crippen molar-refractivity contribution in [1.29, 1.82) is 0 Å². The van der Waals surface area contributed by atoms with Crippen molar-refractivity contribution >= 4 is 29.6 Å². The van der Waals surface area contributed by atoms with E-state index in [1.807, 2.05) is 22.9 Å². The van der Waals surface area contributed by atoms with Crippen LogP contribution < -0.4 is 14.2 Å². The van der Waals surface area contributed by atoms with Crippen molar-refractivity contribution < 1.29 is 57.9 Å². The molecule has 1 aliphatic heterocycles. The number of hydrogen-bond acceptors (Lipinski definition) is 15. The molecular weight excluding hydrogens is 832 g/mol. The van der Waals surface area contributed by atoms with Gasteiger partial charge in [-0.05, 0) is 68.2 Å². The van der Waals surface area contributed by atoms with Crippen LogP contribution in [0.5, 0.6) is 17.2 Å². The van der Waals surface area contributed by atoms with Gasteiger partial charge in [-0.2, -0.15) is 5.10 Å². The molecule has 0 N–H and O–H groups in total. The monoisotopic (exact) mass is 880 g/mol. The van der Waals surface area contributed by atoms with Gasteiger partial charge in [0.05, 0.1) is 57.6 Å². The summed E-state index contributed by atoms with van der Waals surface area (Å²) in [5.74, 6) is 0.515. The number of fused-ring (bicyclic) bond motifs is 1. The number of esters is 2. The van der Waals surface area contributed by atoms with Crippen LogP contribution in [-0.2, 0) is 54.7 Å². The van der Waals surface area contributed by atoms with E-state index in [0.717, 1.165) is 24.8 Å². The summed E-state index contributed by atoms with van der Waals surface area (Å²) in [6.45, 7) is 2.74. The molecule has 0 radical (unpaired) electrons. The fourth-order valence-corrected chi connectivity index (χ4v) is 6.72. The highest BCUT2D eigenvalue weighted by atomic mass is 35.5. The molecule has 0 spiro atoms. The van der Waals surface area contributed by atoms with Gasteiger partial charge in [0.25, 0.3) is 10.2 Å². The smallest absolute Gasteiger partial charge is 0.338 e. The minimum Gasteiger partial charge on any atom is -0.496 e. The van der Waals surface area contributed by atoms with Gasteiger partial charge < -0.3 is 38.1 Å². The fraction of sp³-hybridized carbons (Fsp3) is 0.419. The normalized spacial score (nSPS) is 12.0. The molecule has 5 rings (SSSR count). The van der Waals surface area contributed by atoms with Crippen LogP contribution in [0.15, 0.2) is 66.4 Å². The maximum absolute atomic E-state index is 13.9. The molecule has 0 unspecified atom stereocenters. The summed E-state index contributed by atoms with van der Waals surface area (Å²) in [5.41, 5.74) is 4.69. The van der Waals surface area contributed by atoms with E-state index in [9.17, 15) is 29.8 Å². The standard InChI is InChI=1S/C43H49ClN4O14/c1-3-4-15-46-41(37-13-12-35(44)27-40(37)60-29-31-10-6-7-11-36(31)43(50)58-16-8-5-9-17-61-47(51)52)34(28-45-46)24-33(42(49)59-21-19-56-20-22-62-48(53)54)23-32-26-39-30(14-18-57-39)25-38(32)55-2/h6-7,10-13,24-28H,3-5,8-9,14-23,29H2,1-2H3/b33-24+. The highest BCUT2D eigenvalue weighted by molar-refractivity contribution is 6.30. The number of methoxy groups -OCH3 is 1. The third-order valence-corrected chi connectivity index (χ3v) is 9.81. The molecule has 0 atom stereocenters. The van der Waals surface area contributed by atoms with Crippen LogP contribution >= 0.6 is 11.6 Å². The lowest BCUT2D eigenvalue weighted by Crippen LogP contribution is -2.16. The first-order chi connectivity index (χ1) is 30.1. The average molecular weight is 881 g/mol. The molecule has 3 aromatic carbocycles. The number of unbranched alkanes of at least 4 members (excludes halogenated alkanes) is 3. The largest absolute Gasteiger partial charge is 0.496 e. The predicted octanol–water partition coefficient (Wildman–Crippen LogP) is 7.46. The lowest BCUT2D eigenvalue weighted by Gasteiger charge is -2.17. The van der Waals surface area contributed by atoms with Gasteiger partial charge in [0, 0.05) is 57.8 Å². The molecule has 1 aromatic heterocycles. The third-order valence-electron chi connectivity index (χ3n) is 9.58. The quantitative estimate of drug-likeness (QED) is 0.0187. The second-order valence-corrected chi connectivity index (χ2v) is 14.3. The Morgan fingerprint density at radius 3 is 2.45 bits per heavy atom. The molecule has 2 heterocycles. The van der Waals surface area contributed by atoms with Crippen LogP contribution in [0.4, 0.5) is 0 Å². The van der Waals surface area contributed by atoms with Gasteiger partial charge in [0.1, 0.15) is 37.1 Å². The number of carbonyl (C=O) groups is 2. The van der Waals surface area contributed by atoms with E-state index >= 15 is 0 Å². The van der Waals surface area contributed by atoms with E-state index in [0.29, 0.717) is 88.2 Å². The molecule has 0 amide bonds. The van der Waals surface area contributed by atoms with Gasteiger partial charge in [-0.3, -0.25) is 4.68 Å². The van der Waals surface area contributed by atoms with Crippen molar-refractivity contribution in [3.05, 3.63) is 119 Å². The molecule has 1 aliphatic rings. The Hall–Kier alpha value is -6.40. The van der Waals surface area contributed by atoms with Crippen molar-refractivity contribution in [2.45, 2.75) is 65.0 Å². The maximum Gasteiger partial charge on any atom is 0.338 e. The Bertz CT molecular complexity index is 2190. The Kier molecular flexibility index (Phi) is 18.2. The van der Waals surface area contributed by atoms with Crippen LogP contribution in [0.1, 0.15) is 71.6 Å². The number of rotatable bonds is 27. The second kappa shape index (κ2) is 24.1. The summed E-state index contributed by atoms with van der Waals surface area (Å²) in [4.78, 5) is 56.5. The van der Waals surface area contributed by atoms with Crippen LogP contribution in [0.25, 0.3) is 17.3 Å². The minimum absolute atomic E-state index is 0.0216. The SMILES string of the molecule is CCCCn1ncc(/C=C(\Cc2cc3c(cc2OC)CCO3)C(=O)OCCOCCO[N+](=O)[O-])c1-c1ccc(Cl)cc1OCc1ccccc1C(=O)OCCCCCO[N+](=O)[O-]. The highest BCUT2D eigenvalue weighted by Gasteiger charge is 2.23. The van der Waals surface area contributed by atoms with E-state index < -0.39 is 22.1 Å². The van der Waals surface area contributed by atoms with E-state index in [-0.39, 0.29) is 58.2 Å². The number of benzene rings is 3. The van der Waals surface area contributed by atoms with E-state index in [4.69, 9.17) is 45.1 Å². The Morgan fingerprint density at radius 1 is 0.887 bits per heavy atom. The number of aromatic nitrogens is 2. The predicted molar refractivity (Wildman–Crippen MR) is 224 cm³/mol. The molecule has 0 aliphatic carbocycles. The number of aryl methyl sites for hydroxylation is 1. The molecular formula is C43H49ClN4O14. The first-order valence-electron chi connectivity index (χ1n) is 20.1. The van der Waals surface area contributed by atoms with Gasteiger partial charge in [-0.25, -0.2) is 9.59 Å². The molecule has 332 valence electrons. The maximum atomic E-state index is 13.9. The van der Waals surface area contributed by atoms with Gasteiger partial charge in [0.2, 0.25) is 0 Å². The van der Waals surface area contributed by atoms with E-state index in [2.05, 4.69) is 16.6 Å². The minimum atomic E-state index is -0.912. The fourth-order valence-electron chi connectivity index (χ4n) is 6.56. The van der Waals surface area contributed by atoms with Gasteiger partial charge in [-0.1, -0.05) is 43.1 Å². The summed E-state index contributed by atoms with van der Waals surface area (Å²) in [6.07, 6.45) is 7.44. The van der Waals surface area contributed by atoms with Crippen molar-refractivity contribution in [2.24, 2.45) is 0 Å². The lowest BCUT2D eigenvalue weighted by atomic mass is 9.98. The van der Waals surface area contributed by atoms with Gasteiger partial charge in [0.15, 0.2) is 0 Å². The number of nitrogens with zero attached hydrogens (tertiary/aromatic N) is 4. The zero-order valence-corrected chi connectivity index (χ0v) is 35.3. The van der Waals surface area contributed by atoms with Crippen molar-refractivity contribution in [3.8, 4) is 28.5 Å². The summed E-state index contributed by atoms with van der Waals surface area (Å²) in [5, 5.41) is 24.2. The van der Waals surface area contributed by atoms with Crippen molar-refractivity contribution in [3.63, 3.8) is 0 Å². The lowest BCUT2D eigenvalue weighted by molar-refractivity contribution is -0.758. The van der Waals surface area contributed by atoms with E-state index in [1.54, 1.807) is 55.8 Å². The average Bonchev–Trinajstić information content (AvgIpc) is 3.89. The van der Waals surface area contributed by atoms with Gasteiger partial charge >= 0.3 is 11.9 Å². The summed E-state index contributed by atoms with van der Waals surface area (Å²) in [7, 11) is 1.56. The first kappa shape index (κ1) is 46.7. The van der Waals surface area contributed by atoms with Crippen molar-refractivity contribution in [1.82, 2.24) is 9.78 Å². The first-order valence-corrected chi connectivity index (χ1v) is 20.5. The zero-order chi connectivity index (χ0) is 44.3. The molecule has 4 aromatic rings. The molecule has 18 nitrogen and oxygen atoms in total. The number of ether oxygens (including phenoxy) is 6. The zero-order valence-electron chi connectivity index (χ0n) is 34.5. The van der Waals surface area contributed by atoms with Crippen LogP contribution in [0, 0.1) is 20.2 Å². The topological polar surface area (TPSA) is 212 Å². The van der Waals surface area contributed by atoms with E-state index in [1.165, 1.54) is 0 Å². The Labute approximate surface area is 362 Å². The molecule has 19 heteroatoms. The Balaban J connectivity index is 1.43. The van der Waals surface area contributed by atoms with Gasteiger partial charge in [-0.15, -0.1) is 20.2 Å². The number of carbonyl (C=O) groups excluding carboxylic acids is 2. The number of hydrogen-bond donors (Lipinski definition) is 0. The van der Waals surface area contributed by atoms with Crippen LogP contribution in [0.3, 0.4) is 0 Å². The second-order valence-electron chi connectivity index (χ2n) is 13.9. The summed E-state index contributed by atoms with van der Waals surface area (Å²) < 4.78 is 36.4. The number of halogens is 1. The summed E-state index contributed by atoms with van der Waals surface area (Å²) in [6, 6.07) is 15.9. The molecule has 0 bridgehead atoms. The molecule has 0 saturated heterocycles. The molecule has 62 heavy (non-hydrogen) atoms. The molecule has 0 saturated carbocycles.